The first-order valence-electron chi connectivity index (χ1n) is 7.57. The first kappa shape index (κ1) is 19.2. The van der Waals surface area contributed by atoms with Crippen molar-refractivity contribution < 1.29 is 28.3 Å². The van der Waals surface area contributed by atoms with Crippen molar-refractivity contribution in [1.82, 2.24) is 5.32 Å². The molecule has 2 amide bonds. The number of thioether (sulfide) groups is 1. The summed E-state index contributed by atoms with van der Waals surface area (Å²) >= 11 is 1.56. The minimum Gasteiger partial charge on any atom is -0.480 e. The molecule has 1 aromatic carbocycles. The van der Waals surface area contributed by atoms with Crippen LogP contribution in [0.2, 0.25) is 0 Å². The van der Waals surface area contributed by atoms with Gasteiger partial charge in [0, 0.05) is 30.0 Å². The number of halogens is 2. The third-order valence-electron chi connectivity index (χ3n) is 3.91. The van der Waals surface area contributed by atoms with Crippen LogP contribution in [0, 0.1) is 5.92 Å². The minimum absolute atomic E-state index is 0.0862. The van der Waals surface area contributed by atoms with E-state index in [9.17, 15) is 23.2 Å². The van der Waals surface area contributed by atoms with Gasteiger partial charge >= 0.3 is 5.97 Å². The molecule has 0 spiro atoms. The topological polar surface area (TPSA) is 86.7 Å². The molecule has 2 unspecified atom stereocenters. The van der Waals surface area contributed by atoms with E-state index in [4.69, 9.17) is 5.11 Å². The number of hydrogen-bond acceptors (Lipinski definition) is 4. The molecule has 1 aromatic rings. The molecule has 136 valence electrons. The molecule has 2 rings (SSSR count). The van der Waals surface area contributed by atoms with E-state index < -0.39 is 36.7 Å². The van der Waals surface area contributed by atoms with Gasteiger partial charge in [0.2, 0.25) is 18.2 Å². The fraction of sp³-hybridized carbons (Fsp3) is 0.438. The maximum absolute atomic E-state index is 12.4. The van der Waals surface area contributed by atoms with Crippen molar-refractivity contribution in [3.05, 3.63) is 24.3 Å². The lowest BCUT2D eigenvalue weighted by Crippen LogP contribution is -2.45. The summed E-state index contributed by atoms with van der Waals surface area (Å²) < 4.78 is 24.8. The molecule has 1 heterocycles. The Morgan fingerprint density at radius 3 is 2.52 bits per heavy atom. The number of carboxylic acids is 1. The summed E-state index contributed by atoms with van der Waals surface area (Å²) in [5, 5.41) is 11.0. The molecule has 0 aromatic heterocycles. The van der Waals surface area contributed by atoms with Crippen molar-refractivity contribution in [2.24, 2.45) is 5.92 Å². The van der Waals surface area contributed by atoms with E-state index in [0.717, 1.165) is 4.90 Å². The number of nitrogens with zero attached hydrogens (tertiary/aromatic N) is 1. The number of nitrogens with one attached hydrogen (secondary N) is 1. The van der Waals surface area contributed by atoms with Gasteiger partial charge in [0.1, 0.15) is 6.04 Å². The average molecular weight is 372 g/mol. The van der Waals surface area contributed by atoms with Gasteiger partial charge in [-0.3, -0.25) is 9.59 Å². The molecule has 1 aliphatic heterocycles. The number of carbonyl (C=O) groups is 3. The van der Waals surface area contributed by atoms with Crippen LogP contribution in [0.4, 0.5) is 14.5 Å². The standard InChI is InChI=1S/C16H18F2N2O4S/c1-25-11-4-2-10(3-5-11)20-8-9(6-14(20)21)15(22)19-12(16(23)24)7-13(17)18/h2-5,9,12-13H,6-8H2,1H3,(H,19,22)(H,23,24). The zero-order chi connectivity index (χ0) is 18.6. The second-order valence-electron chi connectivity index (χ2n) is 5.63. The van der Waals surface area contributed by atoms with E-state index >= 15 is 0 Å². The smallest absolute Gasteiger partial charge is 0.326 e. The normalized spacial score (nSPS) is 18.5. The van der Waals surface area contributed by atoms with E-state index in [1.807, 2.05) is 18.4 Å². The Morgan fingerprint density at radius 1 is 1.36 bits per heavy atom. The number of aliphatic carboxylic acids is 1. The molecule has 0 bridgehead atoms. The Labute approximate surface area is 147 Å². The van der Waals surface area contributed by atoms with Crippen LogP contribution in [0.25, 0.3) is 0 Å². The maximum atomic E-state index is 12.4. The first-order chi connectivity index (χ1) is 11.8. The molecule has 0 radical (unpaired) electrons. The molecule has 9 heteroatoms. The van der Waals surface area contributed by atoms with E-state index in [1.165, 1.54) is 4.90 Å². The number of benzene rings is 1. The van der Waals surface area contributed by atoms with Crippen LogP contribution in [-0.2, 0) is 14.4 Å². The van der Waals surface area contributed by atoms with Crippen LogP contribution in [0.15, 0.2) is 29.2 Å². The molecule has 2 atom stereocenters. The van der Waals surface area contributed by atoms with E-state index in [-0.39, 0.29) is 18.9 Å². The van der Waals surface area contributed by atoms with Crippen LogP contribution in [-0.4, -0.2) is 48.2 Å². The van der Waals surface area contributed by atoms with Crippen molar-refractivity contribution in [2.45, 2.75) is 30.2 Å². The van der Waals surface area contributed by atoms with Crippen LogP contribution in [0.1, 0.15) is 12.8 Å². The number of anilines is 1. The lowest BCUT2D eigenvalue weighted by molar-refractivity contribution is -0.143. The van der Waals surface area contributed by atoms with Gasteiger partial charge in [0.15, 0.2) is 0 Å². The molecule has 0 aliphatic carbocycles. The first-order valence-corrected chi connectivity index (χ1v) is 8.80. The van der Waals surface area contributed by atoms with Crippen LogP contribution < -0.4 is 10.2 Å². The molecular formula is C16H18F2N2O4S. The lowest BCUT2D eigenvalue weighted by atomic mass is 10.1. The predicted octanol–water partition coefficient (Wildman–Crippen LogP) is 1.99. The third-order valence-corrected chi connectivity index (χ3v) is 4.65. The summed E-state index contributed by atoms with van der Waals surface area (Å²) in [5.74, 6) is -3.27. The van der Waals surface area contributed by atoms with Gasteiger partial charge < -0.3 is 15.3 Å². The Kier molecular flexibility index (Phi) is 6.35. The third kappa shape index (κ3) is 4.91. The van der Waals surface area contributed by atoms with Crippen molar-refractivity contribution in [1.29, 1.82) is 0 Å². The monoisotopic (exact) mass is 372 g/mol. The van der Waals surface area contributed by atoms with Gasteiger partial charge in [0.25, 0.3) is 0 Å². The van der Waals surface area contributed by atoms with Gasteiger partial charge in [-0.15, -0.1) is 11.8 Å². The molecule has 1 saturated heterocycles. The fourth-order valence-corrected chi connectivity index (χ4v) is 2.99. The van der Waals surface area contributed by atoms with Gasteiger partial charge in [-0.2, -0.15) is 0 Å². The predicted molar refractivity (Wildman–Crippen MR) is 88.9 cm³/mol. The van der Waals surface area contributed by atoms with Crippen LogP contribution in [0.5, 0.6) is 0 Å². The fourth-order valence-electron chi connectivity index (χ4n) is 2.58. The molecule has 1 fully saturated rings. The number of rotatable bonds is 7. The highest BCUT2D eigenvalue weighted by Gasteiger charge is 2.37. The highest BCUT2D eigenvalue weighted by Crippen LogP contribution is 2.27. The van der Waals surface area contributed by atoms with Crippen molar-refractivity contribution in [3.63, 3.8) is 0 Å². The second-order valence-corrected chi connectivity index (χ2v) is 6.51. The number of carboxylic acid groups (broad SMARTS) is 1. The van der Waals surface area contributed by atoms with Gasteiger partial charge in [0.05, 0.1) is 5.92 Å². The Bertz CT molecular complexity index is 654. The minimum atomic E-state index is -2.85. The summed E-state index contributed by atoms with van der Waals surface area (Å²) in [5.41, 5.74) is 0.639. The summed E-state index contributed by atoms with van der Waals surface area (Å²) in [4.78, 5) is 37.7. The lowest BCUT2D eigenvalue weighted by Gasteiger charge is -2.18. The second kappa shape index (κ2) is 8.28. The summed E-state index contributed by atoms with van der Waals surface area (Å²) in [6, 6.07) is 5.56. The summed E-state index contributed by atoms with van der Waals surface area (Å²) in [7, 11) is 0. The summed E-state index contributed by atoms with van der Waals surface area (Å²) in [6.45, 7) is 0.0876. The maximum Gasteiger partial charge on any atom is 0.326 e. The number of hydrogen-bond donors (Lipinski definition) is 2. The quantitative estimate of drug-likeness (QED) is 0.715. The largest absolute Gasteiger partial charge is 0.480 e. The SMILES string of the molecule is CSc1ccc(N2CC(C(=O)NC(CC(F)F)C(=O)O)CC2=O)cc1. The molecule has 25 heavy (non-hydrogen) atoms. The van der Waals surface area contributed by atoms with Gasteiger partial charge in [-0.05, 0) is 30.5 Å². The Balaban J connectivity index is 2.02. The molecule has 2 N–H and O–H groups in total. The van der Waals surface area contributed by atoms with Crippen LogP contribution in [0.3, 0.4) is 0 Å². The molecular weight excluding hydrogens is 354 g/mol. The molecule has 0 saturated carbocycles. The highest BCUT2D eigenvalue weighted by molar-refractivity contribution is 7.98. The number of alkyl halides is 2. The molecule has 6 nitrogen and oxygen atoms in total. The van der Waals surface area contributed by atoms with Crippen molar-refractivity contribution in [3.8, 4) is 0 Å². The Morgan fingerprint density at radius 2 is 2.00 bits per heavy atom. The number of amides is 2. The van der Waals surface area contributed by atoms with Gasteiger partial charge in [-0.25, -0.2) is 13.6 Å². The van der Waals surface area contributed by atoms with Crippen LogP contribution >= 0.6 is 11.8 Å². The zero-order valence-corrected chi connectivity index (χ0v) is 14.3. The van der Waals surface area contributed by atoms with Crippen molar-refractivity contribution in [2.75, 3.05) is 17.7 Å². The zero-order valence-electron chi connectivity index (χ0n) is 13.4. The average Bonchev–Trinajstić information content (AvgIpc) is 2.95. The van der Waals surface area contributed by atoms with E-state index in [1.54, 1.807) is 23.9 Å². The van der Waals surface area contributed by atoms with E-state index in [0.29, 0.717) is 5.69 Å². The molecule has 1 aliphatic rings. The van der Waals surface area contributed by atoms with Crippen molar-refractivity contribution >= 4 is 35.2 Å². The van der Waals surface area contributed by atoms with Gasteiger partial charge in [-0.1, -0.05) is 0 Å². The highest BCUT2D eigenvalue weighted by atomic mass is 32.2. The van der Waals surface area contributed by atoms with E-state index in [2.05, 4.69) is 5.32 Å². The number of carbonyl (C=O) groups excluding carboxylic acids is 2. The Hall–Kier alpha value is -2.16. The summed E-state index contributed by atoms with van der Waals surface area (Å²) in [6.07, 6.45) is -1.98.